The van der Waals surface area contributed by atoms with Crippen molar-refractivity contribution in [2.75, 3.05) is 33.0 Å². The van der Waals surface area contributed by atoms with Gasteiger partial charge >= 0.3 is 29.8 Å². The zero-order valence-corrected chi connectivity index (χ0v) is 46.9. The number of halogens is 18. The van der Waals surface area contributed by atoms with Gasteiger partial charge in [0.1, 0.15) is 99.1 Å². The number of carbonyl (C=O) groups is 5. The van der Waals surface area contributed by atoms with Gasteiger partial charge < -0.3 is 29.2 Å². The molecule has 2 N–H and O–H groups in total. The van der Waals surface area contributed by atoms with Crippen molar-refractivity contribution in [3.05, 3.63) is 185 Å². The summed E-state index contributed by atoms with van der Waals surface area (Å²) in [7, 11) is 0. The van der Waals surface area contributed by atoms with Crippen LogP contribution in [0.25, 0.3) is 52.2 Å². The van der Waals surface area contributed by atoms with Crippen LogP contribution in [0.15, 0.2) is 71.4 Å². The molecule has 0 amide bonds. The van der Waals surface area contributed by atoms with Crippen molar-refractivity contribution in [3.8, 4) is 0 Å². The van der Waals surface area contributed by atoms with Gasteiger partial charge in [0, 0.05) is 31.2 Å². The second-order valence-electron chi connectivity index (χ2n) is 20.3. The molecule has 2 aliphatic rings. The molecule has 2 aliphatic carbocycles. The molecule has 0 aromatic heterocycles. The van der Waals surface area contributed by atoms with E-state index < -0.39 is 271 Å². The summed E-state index contributed by atoms with van der Waals surface area (Å²) in [4.78, 5) is 78.1. The second kappa shape index (κ2) is 29.2. The van der Waals surface area contributed by atoms with Crippen molar-refractivity contribution < 1.29 is 132 Å². The third-order valence-electron chi connectivity index (χ3n) is 14.1. The van der Waals surface area contributed by atoms with E-state index in [9.17, 15) is 34.2 Å². The molecule has 3 aromatic rings. The molecule has 26 nitrogen and oxygen atoms in total. The summed E-state index contributed by atoms with van der Waals surface area (Å²) in [5.74, 6) is -62.5. The standard InChI is InChI=1S/C50H33F18N15O11/c1-12(2)18-26(57)36(74-79-69)34(65)41(67)49(18,46(87)88)5-14(6-50(47(89)90)19(13(3)4)27(58)37(75-80-70)35(66)42(50)68)7-91-8-48(9-92-43(84)15-20(51)28(59)38(76-81-71)29(60)21(15)52,10-93-44(85)16-22(53)30(61)39(77-82-72)31(62)23(16)54)11-94-45(86)17-24(55)32(63)40(78-83-73)33(64)25(17)56/h12-14,41-42H,5-11H2,1-4H3,(H,87,88)(H,89,90). The van der Waals surface area contributed by atoms with Gasteiger partial charge in [-0.3, -0.25) is 9.59 Å². The van der Waals surface area contributed by atoms with Crippen LogP contribution in [-0.4, -0.2) is 85.4 Å². The van der Waals surface area contributed by atoms with E-state index in [1.54, 1.807) is 0 Å². The van der Waals surface area contributed by atoms with Crippen molar-refractivity contribution in [1.29, 1.82) is 0 Å². The van der Waals surface area contributed by atoms with Gasteiger partial charge in [0.25, 0.3) is 0 Å². The molecule has 0 radical (unpaired) electrons. The Hall–Kier alpha value is -10.8. The van der Waals surface area contributed by atoms with Gasteiger partial charge in [0.2, 0.25) is 0 Å². The Morgan fingerprint density at radius 2 is 0.702 bits per heavy atom. The number of carboxylic acids is 2. The molecule has 0 saturated carbocycles. The Morgan fingerprint density at radius 1 is 0.447 bits per heavy atom. The average Bonchev–Trinajstić information content (AvgIpc) is 0.670. The Balaban J connectivity index is 1.88. The number of benzene rings is 3. The van der Waals surface area contributed by atoms with E-state index in [0.29, 0.717) is 0 Å². The number of alkyl halides is 2. The first-order valence-corrected chi connectivity index (χ1v) is 25.2. The molecule has 94 heavy (non-hydrogen) atoms. The SMILES string of the molecule is CC(C)C1=C(F)C(N=[N+]=[N-])=C(F)C(F)C1(CC(COCC(COC(=O)c1c(F)c(F)c(N=[N+]=[N-])c(F)c1F)(COC(=O)c1c(F)c(F)c(N=[N+]=[N-])c(F)c1F)COC(=O)c1c(F)c(F)c(N=[N+]=[N-])c(F)c1F)CC1(C(=O)O)C(C(C)C)=C(F)C(N=[N+]=[N-])=C(F)C1F)C(=O)O. The Kier molecular flexibility index (Phi) is 23.0. The summed E-state index contributed by atoms with van der Waals surface area (Å²) in [5, 5.41) is 34.3. The number of esters is 3. The van der Waals surface area contributed by atoms with Crippen LogP contribution in [0.1, 0.15) is 71.6 Å². The van der Waals surface area contributed by atoms with E-state index in [1.807, 2.05) is 14.7 Å². The lowest BCUT2D eigenvalue weighted by Gasteiger charge is -2.45. The minimum atomic E-state index is -3.93. The minimum Gasteiger partial charge on any atom is -0.480 e. The van der Waals surface area contributed by atoms with Crippen molar-refractivity contribution in [3.63, 3.8) is 0 Å². The summed E-state index contributed by atoms with van der Waals surface area (Å²) in [6, 6.07) is 0. The monoisotopic (exact) mass is 1360 g/mol. The van der Waals surface area contributed by atoms with Crippen molar-refractivity contribution in [1.82, 2.24) is 0 Å². The maximum Gasteiger partial charge on any atom is 0.344 e. The van der Waals surface area contributed by atoms with Gasteiger partial charge in [-0.1, -0.05) is 53.3 Å². The van der Waals surface area contributed by atoms with E-state index in [0.717, 1.165) is 27.7 Å². The number of hydrogen-bond donors (Lipinski definition) is 2. The van der Waals surface area contributed by atoms with Crippen LogP contribution < -0.4 is 0 Å². The molecule has 500 valence electrons. The van der Waals surface area contributed by atoms with Gasteiger partial charge in [-0.2, -0.15) is 0 Å². The zero-order chi connectivity index (χ0) is 71.1. The smallest absolute Gasteiger partial charge is 0.344 e. The highest BCUT2D eigenvalue weighted by Gasteiger charge is 2.62. The molecule has 4 atom stereocenters. The highest BCUT2D eigenvalue weighted by molar-refractivity contribution is 5.92. The van der Waals surface area contributed by atoms with Crippen LogP contribution in [0.4, 0.5) is 96.1 Å². The number of aliphatic carboxylic acids is 2. The third kappa shape index (κ3) is 13.2. The van der Waals surface area contributed by atoms with Crippen LogP contribution in [0, 0.1) is 104 Å². The predicted octanol–water partition coefficient (Wildman–Crippen LogP) is 16.0. The number of hydrogen-bond acceptors (Lipinski definition) is 14. The normalized spacial score (nSPS) is 18.9. The number of rotatable bonds is 26. The highest BCUT2D eigenvalue weighted by atomic mass is 19.2. The summed E-state index contributed by atoms with van der Waals surface area (Å²) >= 11 is 0. The molecule has 0 aliphatic heterocycles. The molecule has 4 unspecified atom stereocenters. The Morgan fingerprint density at radius 3 is 0.926 bits per heavy atom. The largest absolute Gasteiger partial charge is 0.480 e. The molecular weight excluding hydrogens is 1330 g/mol. The van der Waals surface area contributed by atoms with Gasteiger partial charge in [-0.05, 0) is 69.4 Å². The van der Waals surface area contributed by atoms with Crippen molar-refractivity contribution >= 4 is 46.9 Å². The number of carboxylic acid groups (broad SMARTS) is 2. The van der Waals surface area contributed by atoms with E-state index in [-0.39, 0.29) is 0 Å². The quantitative estimate of drug-likeness (QED) is 0.0145. The fourth-order valence-corrected chi connectivity index (χ4v) is 10.1. The van der Waals surface area contributed by atoms with E-state index >= 15 is 79.0 Å². The highest BCUT2D eigenvalue weighted by Crippen LogP contribution is 2.58. The van der Waals surface area contributed by atoms with Crippen LogP contribution in [0.2, 0.25) is 0 Å². The number of nitrogens with zero attached hydrogens (tertiary/aromatic N) is 15. The maximum absolute atomic E-state index is 17.1. The molecule has 44 heteroatoms. The van der Waals surface area contributed by atoms with Crippen LogP contribution in [0.5, 0.6) is 0 Å². The molecule has 0 bridgehead atoms. The first-order chi connectivity index (χ1) is 44.0. The van der Waals surface area contributed by atoms with E-state index in [4.69, 9.17) is 46.6 Å². The van der Waals surface area contributed by atoms with Crippen LogP contribution in [0.3, 0.4) is 0 Å². The number of carbonyl (C=O) groups excluding carboxylic acids is 3. The molecule has 5 rings (SSSR count). The average molecular weight is 1360 g/mol. The molecule has 0 spiro atoms. The lowest BCUT2D eigenvalue weighted by atomic mass is 9.59. The van der Waals surface area contributed by atoms with Crippen LogP contribution >= 0.6 is 0 Å². The second-order valence-corrected chi connectivity index (χ2v) is 20.3. The van der Waals surface area contributed by atoms with Crippen molar-refractivity contribution in [2.45, 2.75) is 52.9 Å². The number of ether oxygens (including phenoxy) is 4. The van der Waals surface area contributed by atoms with Gasteiger partial charge in [-0.25, -0.2) is 93.4 Å². The van der Waals surface area contributed by atoms with Gasteiger partial charge in [-0.15, -0.1) is 0 Å². The molecule has 0 fully saturated rings. The summed E-state index contributed by atoms with van der Waals surface area (Å²) in [6.45, 7) is -7.29. The molecular formula is C50H33F18N15O11. The molecule has 0 heterocycles. The lowest BCUT2D eigenvalue weighted by Crippen LogP contribution is -2.51. The number of allylic oxidation sites excluding steroid dienone is 4. The summed E-state index contributed by atoms with van der Waals surface area (Å²) < 4.78 is 302. The Bertz CT molecular complexity index is 3710. The zero-order valence-electron chi connectivity index (χ0n) is 46.9. The van der Waals surface area contributed by atoms with E-state index in [1.165, 1.54) is 0 Å². The fourth-order valence-electron chi connectivity index (χ4n) is 10.1. The maximum atomic E-state index is 17.1. The summed E-state index contributed by atoms with van der Waals surface area (Å²) in [6.07, 6.45) is -11.7. The van der Waals surface area contributed by atoms with Gasteiger partial charge in [0.05, 0.1) is 12.0 Å². The summed E-state index contributed by atoms with van der Waals surface area (Å²) in [5.41, 5.74) is 12.3. The molecule has 0 saturated heterocycles. The Labute approximate surface area is 508 Å². The van der Waals surface area contributed by atoms with Crippen molar-refractivity contribution in [2.24, 2.45) is 59.6 Å². The third-order valence-corrected chi connectivity index (χ3v) is 14.1. The number of azide groups is 5. The first kappa shape index (κ1) is 74.0. The van der Waals surface area contributed by atoms with Gasteiger partial charge in [0.15, 0.2) is 82.2 Å². The first-order valence-electron chi connectivity index (χ1n) is 25.2. The fraction of sp³-hybridized carbons (Fsp3) is 0.380. The lowest BCUT2D eigenvalue weighted by molar-refractivity contribution is -0.155. The van der Waals surface area contributed by atoms with E-state index in [2.05, 4.69) is 35.4 Å². The predicted molar refractivity (Wildman–Crippen MR) is 272 cm³/mol. The minimum absolute atomic E-state index is 0.878. The van der Waals surface area contributed by atoms with Crippen LogP contribution in [-0.2, 0) is 28.5 Å². The topological polar surface area (TPSA) is 407 Å². The molecule has 3 aromatic carbocycles.